The highest BCUT2D eigenvalue weighted by Crippen LogP contribution is 2.27. The molecular formula is C12H11ClN4O. The van der Waals surface area contributed by atoms with Crippen molar-refractivity contribution in [2.24, 2.45) is 0 Å². The van der Waals surface area contributed by atoms with E-state index in [0.29, 0.717) is 24.1 Å². The highest BCUT2D eigenvalue weighted by molar-refractivity contribution is 6.32. The number of anilines is 3. The first-order chi connectivity index (χ1) is 8.72. The van der Waals surface area contributed by atoms with E-state index in [0.717, 1.165) is 5.69 Å². The number of nitrogen functional groups attached to an aromatic ring is 1. The lowest BCUT2D eigenvalue weighted by Gasteiger charge is -2.08. The van der Waals surface area contributed by atoms with Gasteiger partial charge in [0.2, 0.25) is 5.95 Å². The lowest BCUT2D eigenvalue weighted by atomic mass is 10.1. The summed E-state index contributed by atoms with van der Waals surface area (Å²) in [5, 5.41) is 3.56. The highest BCUT2D eigenvalue weighted by atomic mass is 35.5. The molecule has 0 bridgehead atoms. The van der Waals surface area contributed by atoms with E-state index in [1.165, 1.54) is 17.3 Å². The fourth-order valence-corrected chi connectivity index (χ4v) is 1.99. The maximum absolute atomic E-state index is 6.00. The molecule has 3 N–H and O–H groups in total. The number of halogens is 1. The largest absolute Gasteiger partial charge is 0.372 e. The molecule has 0 atom stereocenters. The van der Waals surface area contributed by atoms with Crippen molar-refractivity contribution in [2.45, 2.75) is 13.2 Å². The number of fused-ring (bicyclic) bond motifs is 1. The average molecular weight is 263 g/mol. The lowest BCUT2D eigenvalue weighted by Crippen LogP contribution is -2.00. The van der Waals surface area contributed by atoms with Gasteiger partial charge in [-0.15, -0.1) is 0 Å². The molecule has 0 fully saturated rings. The van der Waals surface area contributed by atoms with E-state index in [2.05, 4.69) is 15.3 Å². The fraction of sp³-hybridized carbons (Fsp3) is 0.167. The Kier molecular flexibility index (Phi) is 2.77. The zero-order chi connectivity index (χ0) is 12.5. The van der Waals surface area contributed by atoms with Crippen molar-refractivity contribution >= 4 is 29.1 Å². The first kappa shape index (κ1) is 11.3. The van der Waals surface area contributed by atoms with E-state index in [-0.39, 0.29) is 5.95 Å². The molecule has 0 aliphatic carbocycles. The summed E-state index contributed by atoms with van der Waals surface area (Å²) in [6, 6.07) is 6.02. The van der Waals surface area contributed by atoms with E-state index < -0.39 is 0 Å². The van der Waals surface area contributed by atoms with Gasteiger partial charge in [0.1, 0.15) is 5.02 Å². The summed E-state index contributed by atoms with van der Waals surface area (Å²) < 4.78 is 5.36. The van der Waals surface area contributed by atoms with Gasteiger partial charge in [-0.3, -0.25) is 0 Å². The predicted octanol–water partition coefficient (Wildman–Crippen LogP) is 2.49. The summed E-state index contributed by atoms with van der Waals surface area (Å²) in [5.74, 6) is 0.689. The minimum Gasteiger partial charge on any atom is -0.372 e. The van der Waals surface area contributed by atoms with Crippen molar-refractivity contribution in [3.05, 3.63) is 40.5 Å². The Balaban J connectivity index is 1.90. The van der Waals surface area contributed by atoms with Crippen molar-refractivity contribution in [3.8, 4) is 0 Å². The second kappa shape index (κ2) is 4.44. The van der Waals surface area contributed by atoms with E-state index >= 15 is 0 Å². The first-order valence-electron chi connectivity index (χ1n) is 5.47. The third kappa shape index (κ3) is 2.10. The van der Waals surface area contributed by atoms with Gasteiger partial charge in [-0.25, -0.2) is 4.98 Å². The zero-order valence-electron chi connectivity index (χ0n) is 9.48. The molecule has 0 spiro atoms. The van der Waals surface area contributed by atoms with Crippen LogP contribution >= 0.6 is 11.6 Å². The van der Waals surface area contributed by atoms with Crippen molar-refractivity contribution in [1.82, 2.24) is 9.97 Å². The van der Waals surface area contributed by atoms with Crippen LogP contribution in [-0.2, 0) is 18.0 Å². The molecule has 2 heterocycles. The van der Waals surface area contributed by atoms with Crippen LogP contribution in [0.4, 0.5) is 17.5 Å². The smallest absolute Gasteiger partial charge is 0.222 e. The van der Waals surface area contributed by atoms with Crippen molar-refractivity contribution in [2.75, 3.05) is 11.1 Å². The van der Waals surface area contributed by atoms with Crippen LogP contribution in [0.1, 0.15) is 11.1 Å². The molecule has 0 saturated heterocycles. The normalized spacial score (nSPS) is 13.4. The average Bonchev–Trinajstić information content (AvgIpc) is 2.81. The topological polar surface area (TPSA) is 73.1 Å². The van der Waals surface area contributed by atoms with Crippen LogP contribution in [0.15, 0.2) is 24.4 Å². The molecule has 1 aromatic heterocycles. The molecule has 5 nitrogen and oxygen atoms in total. The number of nitrogens with one attached hydrogen (secondary N) is 1. The van der Waals surface area contributed by atoms with Crippen LogP contribution in [0.2, 0.25) is 5.02 Å². The maximum atomic E-state index is 6.00. The Morgan fingerprint density at radius 2 is 2.11 bits per heavy atom. The van der Waals surface area contributed by atoms with E-state index in [9.17, 15) is 0 Å². The molecule has 92 valence electrons. The van der Waals surface area contributed by atoms with Gasteiger partial charge in [0.25, 0.3) is 0 Å². The third-order valence-electron chi connectivity index (χ3n) is 2.75. The number of hydrogen-bond donors (Lipinski definition) is 2. The Morgan fingerprint density at radius 1 is 1.28 bits per heavy atom. The van der Waals surface area contributed by atoms with Gasteiger partial charge in [0, 0.05) is 5.69 Å². The number of nitrogens with two attached hydrogens (primary N) is 1. The van der Waals surface area contributed by atoms with Crippen LogP contribution in [0.3, 0.4) is 0 Å². The summed E-state index contributed by atoms with van der Waals surface area (Å²) in [4.78, 5) is 7.87. The number of nitrogens with zero attached hydrogens (tertiary/aromatic N) is 2. The molecule has 6 heteroatoms. The Hall–Kier alpha value is -1.85. The molecule has 0 radical (unpaired) electrons. The second-order valence-electron chi connectivity index (χ2n) is 4.03. The quantitative estimate of drug-likeness (QED) is 0.870. The molecule has 1 aliphatic heterocycles. The SMILES string of the molecule is Nc1ncc(Cl)c(Nc2ccc3c(c2)COC3)n1. The number of aromatic nitrogens is 2. The standard InChI is InChI=1S/C12H11ClN4O/c13-10-4-15-12(14)17-11(10)16-9-2-1-7-5-18-6-8(7)3-9/h1-4H,5-6H2,(H3,14,15,16,17). The number of hydrogen-bond acceptors (Lipinski definition) is 5. The molecule has 3 rings (SSSR count). The molecule has 0 amide bonds. The van der Waals surface area contributed by atoms with Crippen LogP contribution in [0.25, 0.3) is 0 Å². The molecule has 18 heavy (non-hydrogen) atoms. The predicted molar refractivity (Wildman–Crippen MR) is 69.7 cm³/mol. The third-order valence-corrected chi connectivity index (χ3v) is 3.02. The van der Waals surface area contributed by atoms with Gasteiger partial charge in [0.15, 0.2) is 5.82 Å². The summed E-state index contributed by atoms with van der Waals surface area (Å²) in [7, 11) is 0. The number of ether oxygens (including phenoxy) is 1. The summed E-state index contributed by atoms with van der Waals surface area (Å²) >= 11 is 6.00. The van der Waals surface area contributed by atoms with Gasteiger partial charge in [0.05, 0.1) is 19.4 Å². The Labute approximate surface area is 109 Å². The number of rotatable bonds is 2. The van der Waals surface area contributed by atoms with E-state index in [1.807, 2.05) is 18.2 Å². The van der Waals surface area contributed by atoms with Crippen LogP contribution < -0.4 is 11.1 Å². The van der Waals surface area contributed by atoms with Gasteiger partial charge in [-0.1, -0.05) is 17.7 Å². The van der Waals surface area contributed by atoms with Crippen molar-refractivity contribution in [3.63, 3.8) is 0 Å². The highest BCUT2D eigenvalue weighted by Gasteiger charge is 2.12. The minimum absolute atomic E-state index is 0.186. The van der Waals surface area contributed by atoms with Crippen LogP contribution in [0, 0.1) is 0 Å². The molecule has 0 saturated carbocycles. The molecule has 0 unspecified atom stereocenters. The summed E-state index contributed by atoms with van der Waals surface area (Å²) in [6.45, 7) is 1.32. The summed E-state index contributed by atoms with van der Waals surface area (Å²) in [6.07, 6.45) is 1.47. The Bertz CT molecular complexity index is 603. The van der Waals surface area contributed by atoms with Gasteiger partial charge in [-0.2, -0.15) is 4.98 Å². The van der Waals surface area contributed by atoms with Crippen LogP contribution in [-0.4, -0.2) is 9.97 Å². The van der Waals surface area contributed by atoms with E-state index in [1.54, 1.807) is 0 Å². The fourth-order valence-electron chi connectivity index (χ4n) is 1.85. The van der Waals surface area contributed by atoms with Gasteiger partial charge >= 0.3 is 0 Å². The molecule has 1 aliphatic rings. The zero-order valence-corrected chi connectivity index (χ0v) is 10.2. The van der Waals surface area contributed by atoms with Crippen LogP contribution in [0.5, 0.6) is 0 Å². The number of benzene rings is 1. The Morgan fingerprint density at radius 3 is 3.00 bits per heavy atom. The first-order valence-corrected chi connectivity index (χ1v) is 5.85. The minimum atomic E-state index is 0.186. The van der Waals surface area contributed by atoms with Crippen molar-refractivity contribution < 1.29 is 4.74 Å². The molecular weight excluding hydrogens is 252 g/mol. The lowest BCUT2D eigenvalue weighted by molar-refractivity contribution is 0.134. The van der Waals surface area contributed by atoms with Crippen molar-refractivity contribution in [1.29, 1.82) is 0 Å². The second-order valence-corrected chi connectivity index (χ2v) is 4.43. The van der Waals surface area contributed by atoms with E-state index in [4.69, 9.17) is 22.1 Å². The van der Waals surface area contributed by atoms with Gasteiger partial charge in [-0.05, 0) is 23.3 Å². The monoisotopic (exact) mass is 262 g/mol. The van der Waals surface area contributed by atoms with Gasteiger partial charge < -0.3 is 15.8 Å². The molecule has 1 aromatic carbocycles. The summed E-state index contributed by atoms with van der Waals surface area (Å²) in [5.41, 5.74) is 8.83. The maximum Gasteiger partial charge on any atom is 0.222 e. The molecule has 2 aromatic rings.